The van der Waals surface area contributed by atoms with E-state index in [4.69, 9.17) is 5.26 Å². The van der Waals surface area contributed by atoms with Gasteiger partial charge >= 0.3 is 0 Å². The first-order valence-electron chi connectivity index (χ1n) is 7.12. The van der Waals surface area contributed by atoms with Crippen molar-refractivity contribution in [1.82, 2.24) is 5.32 Å². The van der Waals surface area contributed by atoms with Gasteiger partial charge in [0.2, 0.25) is 0 Å². The molecule has 0 heterocycles. The molecule has 3 heteroatoms. The molecule has 0 aromatic heterocycles. The van der Waals surface area contributed by atoms with Gasteiger partial charge in [0, 0.05) is 12.6 Å². The summed E-state index contributed by atoms with van der Waals surface area (Å²) in [4.78, 5) is 0. The molecule has 1 aromatic carbocycles. The summed E-state index contributed by atoms with van der Waals surface area (Å²) in [5, 5.41) is 22.3. The van der Waals surface area contributed by atoms with Crippen molar-refractivity contribution < 1.29 is 5.11 Å². The van der Waals surface area contributed by atoms with E-state index in [9.17, 15) is 5.11 Å². The highest BCUT2D eigenvalue weighted by molar-refractivity contribution is 5.32. The molecule has 0 bridgehead atoms. The smallest absolute Gasteiger partial charge is 0.0991 e. The Morgan fingerprint density at radius 1 is 1.32 bits per heavy atom. The van der Waals surface area contributed by atoms with Gasteiger partial charge in [-0.25, -0.2) is 0 Å². The average molecular weight is 258 g/mol. The normalized spacial score (nSPS) is 19.0. The molecule has 1 saturated carbocycles. The van der Waals surface area contributed by atoms with Crippen molar-refractivity contribution in [1.29, 1.82) is 5.26 Å². The van der Waals surface area contributed by atoms with Crippen LogP contribution in [0.15, 0.2) is 24.3 Å². The van der Waals surface area contributed by atoms with Crippen LogP contribution in [-0.4, -0.2) is 17.7 Å². The molecule has 0 spiro atoms. The Hall–Kier alpha value is -1.37. The van der Waals surface area contributed by atoms with Crippen molar-refractivity contribution in [3.63, 3.8) is 0 Å². The monoisotopic (exact) mass is 258 g/mol. The van der Waals surface area contributed by atoms with Gasteiger partial charge in [0.05, 0.1) is 17.7 Å². The maximum atomic E-state index is 10.1. The van der Waals surface area contributed by atoms with Crippen molar-refractivity contribution in [2.45, 2.75) is 44.8 Å². The molecular weight excluding hydrogens is 236 g/mol. The van der Waals surface area contributed by atoms with Crippen molar-refractivity contribution in [3.8, 4) is 6.07 Å². The second-order valence-corrected chi connectivity index (χ2v) is 5.49. The molecule has 19 heavy (non-hydrogen) atoms. The molecule has 2 rings (SSSR count). The lowest BCUT2D eigenvalue weighted by atomic mass is 9.99. The summed E-state index contributed by atoms with van der Waals surface area (Å²) in [7, 11) is 0. The number of aliphatic hydroxyl groups is 1. The summed E-state index contributed by atoms with van der Waals surface area (Å²) in [5.74, 6) is 0.758. The zero-order valence-corrected chi connectivity index (χ0v) is 11.5. The zero-order chi connectivity index (χ0) is 13.7. The SMILES string of the molecule is C[C@H](NCC(O)c1ccc(C#N)cc1)C1CCCC1. The summed E-state index contributed by atoms with van der Waals surface area (Å²) >= 11 is 0. The van der Waals surface area contributed by atoms with Gasteiger partial charge < -0.3 is 10.4 Å². The van der Waals surface area contributed by atoms with E-state index in [1.807, 2.05) is 12.1 Å². The minimum atomic E-state index is -0.503. The molecule has 102 valence electrons. The minimum Gasteiger partial charge on any atom is -0.387 e. The molecular formula is C16H22N2O. The highest BCUT2D eigenvalue weighted by Gasteiger charge is 2.21. The molecule has 0 radical (unpaired) electrons. The van der Waals surface area contributed by atoms with Gasteiger partial charge in [-0.2, -0.15) is 5.26 Å². The van der Waals surface area contributed by atoms with Crippen LogP contribution in [0.3, 0.4) is 0 Å². The summed E-state index contributed by atoms with van der Waals surface area (Å²) in [5.41, 5.74) is 1.49. The van der Waals surface area contributed by atoms with Crippen LogP contribution in [0.1, 0.15) is 49.8 Å². The molecule has 0 aliphatic heterocycles. The molecule has 1 aliphatic carbocycles. The van der Waals surface area contributed by atoms with Crippen LogP contribution in [0, 0.1) is 17.2 Å². The number of nitriles is 1. The van der Waals surface area contributed by atoms with E-state index in [2.05, 4.69) is 18.3 Å². The predicted octanol–water partition coefficient (Wildman–Crippen LogP) is 2.76. The third kappa shape index (κ3) is 3.79. The number of rotatable bonds is 5. The third-order valence-corrected chi connectivity index (χ3v) is 4.16. The number of nitrogens with zero attached hydrogens (tertiary/aromatic N) is 1. The lowest BCUT2D eigenvalue weighted by Gasteiger charge is -2.22. The maximum Gasteiger partial charge on any atom is 0.0991 e. The zero-order valence-electron chi connectivity index (χ0n) is 11.5. The molecule has 1 aromatic rings. The van der Waals surface area contributed by atoms with Crippen molar-refractivity contribution in [3.05, 3.63) is 35.4 Å². The van der Waals surface area contributed by atoms with Crippen molar-refractivity contribution >= 4 is 0 Å². The summed E-state index contributed by atoms with van der Waals surface area (Å²) < 4.78 is 0. The predicted molar refractivity (Wildman–Crippen MR) is 75.5 cm³/mol. The van der Waals surface area contributed by atoms with Crippen molar-refractivity contribution in [2.75, 3.05) is 6.54 Å². The molecule has 0 amide bonds. The van der Waals surface area contributed by atoms with Crippen LogP contribution >= 0.6 is 0 Å². The Morgan fingerprint density at radius 3 is 2.53 bits per heavy atom. The van der Waals surface area contributed by atoms with E-state index in [-0.39, 0.29) is 0 Å². The van der Waals surface area contributed by atoms with Crippen LogP contribution in [0.5, 0.6) is 0 Å². The first-order valence-corrected chi connectivity index (χ1v) is 7.12. The van der Waals surface area contributed by atoms with Crippen LogP contribution < -0.4 is 5.32 Å². The van der Waals surface area contributed by atoms with Crippen LogP contribution in [0.2, 0.25) is 0 Å². The van der Waals surface area contributed by atoms with Crippen LogP contribution in [0.25, 0.3) is 0 Å². The van der Waals surface area contributed by atoms with Gasteiger partial charge in [0.1, 0.15) is 0 Å². The average Bonchev–Trinajstić information content (AvgIpc) is 2.98. The Kier molecular flexibility index (Phi) is 4.95. The number of nitrogens with one attached hydrogen (secondary N) is 1. The largest absolute Gasteiger partial charge is 0.387 e. The Morgan fingerprint density at radius 2 is 1.95 bits per heavy atom. The number of benzene rings is 1. The minimum absolute atomic E-state index is 0.468. The van der Waals surface area contributed by atoms with Gasteiger partial charge in [-0.3, -0.25) is 0 Å². The number of aliphatic hydroxyl groups excluding tert-OH is 1. The highest BCUT2D eigenvalue weighted by Crippen LogP contribution is 2.27. The number of hydrogen-bond donors (Lipinski definition) is 2. The van der Waals surface area contributed by atoms with Crippen LogP contribution in [-0.2, 0) is 0 Å². The van der Waals surface area contributed by atoms with E-state index in [0.717, 1.165) is 11.5 Å². The first-order chi connectivity index (χ1) is 9.20. The van der Waals surface area contributed by atoms with E-state index >= 15 is 0 Å². The van der Waals surface area contributed by atoms with E-state index in [1.165, 1.54) is 25.7 Å². The second-order valence-electron chi connectivity index (χ2n) is 5.49. The summed E-state index contributed by atoms with van der Waals surface area (Å²) in [6.45, 7) is 2.78. The fourth-order valence-corrected chi connectivity index (χ4v) is 2.82. The second kappa shape index (κ2) is 6.70. The molecule has 2 N–H and O–H groups in total. The van der Waals surface area contributed by atoms with Gasteiger partial charge in [-0.1, -0.05) is 25.0 Å². The van der Waals surface area contributed by atoms with Gasteiger partial charge in [0.25, 0.3) is 0 Å². The Balaban J connectivity index is 1.82. The first kappa shape index (κ1) is 14.0. The summed E-state index contributed by atoms with van der Waals surface area (Å²) in [6.07, 6.45) is 4.79. The van der Waals surface area contributed by atoms with Crippen LogP contribution in [0.4, 0.5) is 0 Å². The maximum absolute atomic E-state index is 10.1. The molecule has 1 fully saturated rings. The third-order valence-electron chi connectivity index (χ3n) is 4.16. The molecule has 3 nitrogen and oxygen atoms in total. The molecule has 2 atom stereocenters. The van der Waals surface area contributed by atoms with E-state index in [1.54, 1.807) is 12.1 Å². The highest BCUT2D eigenvalue weighted by atomic mass is 16.3. The Labute approximate surface area is 115 Å². The van der Waals surface area contributed by atoms with Gasteiger partial charge in [-0.05, 0) is 43.4 Å². The topological polar surface area (TPSA) is 56.0 Å². The summed E-state index contributed by atoms with van der Waals surface area (Å²) in [6, 6.07) is 9.70. The van der Waals surface area contributed by atoms with E-state index < -0.39 is 6.10 Å². The fourth-order valence-electron chi connectivity index (χ4n) is 2.82. The number of hydrogen-bond acceptors (Lipinski definition) is 3. The quantitative estimate of drug-likeness (QED) is 0.854. The van der Waals surface area contributed by atoms with E-state index in [0.29, 0.717) is 18.2 Å². The lowest BCUT2D eigenvalue weighted by molar-refractivity contribution is 0.165. The molecule has 0 saturated heterocycles. The fraction of sp³-hybridized carbons (Fsp3) is 0.562. The standard InChI is InChI=1S/C16H22N2O/c1-12(14-4-2-3-5-14)18-11-16(19)15-8-6-13(10-17)7-9-15/h6-9,12,14,16,18-19H,2-5,11H2,1H3/t12-,16?/m0/s1. The van der Waals surface area contributed by atoms with Gasteiger partial charge in [-0.15, -0.1) is 0 Å². The molecule has 1 unspecified atom stereocenters. The van der Waals surface area contributed by atoms with Gasteiger partial charge in [0.15, 0.2) is 0 Å². The van der Waals surface area contributed by atoms with Crippen molar-refractivity contribution in [2.24, 2.45) is 5.92 Å². The lowest BCUT2D eigenvalue weighted by Crippen LogP contribution is -2.35. The molecule has 1 aliphatic rings. The Bertz CT molecular complexity index is 429.